The van der Waals surface area contributed by atoms with Crippen LogP contribution in [0.15, 0.2) is 17.4 Å². The first-order valence-corrected chi connectivity index (χ1v) is 4.08. The van der Waals surface area contributed by atoms with Gasteiger partial charge in [-0.2, -0.15) is 0 Å². The molecule has 0 fully saturated rings. The quantitative estimate of drug-likeness (QED) is 0.696. The minimum atomic E-state index is -0.374. The predicted molar refractivity (Wildman–Crippen MR) is 43.1 cm³/mol. The second kappa shape index (κ2) is 4.12. The average molecular weight is 173 g/mol. The molecule has 60 valence electrons. The van der Waals surface area contributed by atoms with E-state index in [9.17, 15) is 4.39 Å². The van der Waals surface area contributed by atoms with Crippen molar-refractivity contribution in [1.82, 2.24) is 9.97 Å². The van der Waals surface area contributed by atoms with Gasteiger partial charge in [0, 0.05) is 18.1 Å². The summed E-state index contributed by atoms with van der Waals surface area (Å²) in [5.41, 5.74) is 5.44. The monoisotopic (exact) mass is 173 g/mol. The molecular formula is C6H8FN3S. The van der Waals surface area contributed by atoms with E-state index in [4.69, 9.17) is 5.73 Å². The van der Waals surface area contributed by atoms with Crippen LogP contribution in [0.2, 0.25) is 0 Å². The van der Waals surface area contributed by atoms with Crippen molar-refractivity contribution in [3.63, 3.8) is 0 Å². The first kappa shape index (κ1) is 8.26. The van der Waals surface area contributed by atoms with Crippen LogP contribution in [0.5, 0.6) is 0 Å². The minimum absolute atomic E-state index is 0.367. The Morgan fingerprint density at radius 1 is 1.45 bits per heavy atom. The molecule has 0 unspecified atom stereocenters. The molecule has 0 radical (unpaired) electrons. The van der Waals surface area contributed by atoms with Crippen molar-refractivity contribution >= 4 is 17.6 Å². The highest BCUT2D eigenvalue weighted by Gasteiger charge is 1.99. The van der Waals surface area contributed by atoms with Gasteiger partial charge < -0.3 is 5.73 Å². The zero-order valence-corrected chi connectivity index (χ0v) is 6.64. The number of hydrogen-bond acceptors (Lipinski definition) is 4. The van der Waals surface area contributed by atoms with Crippen LogP contribution in [0.25, 0.3) is 0 Å². The molecule has 0 amide bonds. The molecule has 0 saturated carbocycles. The summed E-state index contributed by atoms with van der Waals surface area (Å²) < 4.78 is 11.7. The molecule has 0 atom stereocenters. The highest BCUT2D eigenvalue weighted by Crippen LogP contribution is 2.18. The van der Waals surface area contributed by atoms with E-state index in [0.717, 1.165) is 0 Å². The molecule has 1 rings (SSSR count). The van der Waals surface area contributed by atoms with E-state index in [1.54, 1.807) is 0 Å². The van der Waals surface area contributed by atoms with Crippen LogP contribution in [-0.4, -0.2) is 22.4 Å². The number of anilines is 1. The summed E-state index contributed by atoms with van der Waals surface area (Å²) in [6.45, 7) is -0.374. The smallest absolute Gasteiger partial charge is 0.156 e. The predicted octanol–water partition coefficient (Wildman–Crippen LogP) is 1.12. The summed E-state index contributed by atoms with van der Waals surface area (Å²) in [5, 5.41) is 0.602. The minimum Gasteiger partial charge on any atom is -0.381 e. The first-order valence-electron chi connectivity index (χ1n) is 3.10. The molecule has 3 nitrogen and oxygen atoms in total. The van der Waals surface area contributed by atoms with Crippen LogP contribution < -0.4 is 5.73 Å². The van der Waals surface area contributed by atoms with Gasteiger partial charge in [0.1, 0.15) is 5.03 Å². The third-order valence-electron chi connectivity index (χ3n) is 1.01. The first-order chi connectivity index (χ1) is 5.34. The van der Waals surface area contributed by atoms with Crippen molar-refractivity contribution in [2.75, 3.05) is 18.2 Å². The Bertz CT molecular complexity index is 231. The van der Waals surface area contributed by atoms with Gasteiger partial charge in [0.2, 0.25) is 0 Å². The summed E-state index contributed by atoms with van der Waals surface area (Å²) in [6.07, 6.45) is 3.05. The maximum Gasteiger partial charge on any atom is 0.156 e. The van der Waals surface area contributed by atoms with Gasteiger partial charge in [-0.3, -0.25) is 4.39 Å². The normalized spacial score (nSPS) is 9.91. The number of rotatable bonds is 3. The van der Waals surface area contributed by atoms with Gasteiger partial charge in [0.25, 0.3) is 0 Å². The summed E-state index contributed by atoms with van der Waals surface area (Å²) >= 11 is 1.27. The summed E-state index contributed by atoms with van der Waals surface area (Å²) in [6, 6.07) is 0. The average Bonchev–Trinajstić information content (AvgIpc) is 2.03. The van der Waals surface area contributed by atoms with Crippen molar-refractivity contribution in [1.29, 1.82) is 0 Å². The molecule has 0 aliphatic rings. The van der Waals surface area contributed by atoms with Crippen LogP contribution in [0.4, 0.5) is 10.2 Å². The van der Waals surface area contributed by atoms with Gasteiger partial charge in [-0.15, -0.1) is 0 Å². The number of hydrogen-bond donors (Lipinski definition) is 1. The number of nitrogen functional groups attached to an aromatic ring is 1. The van der Waals surface area contributed by atoms with E-state index in [-0.39, 0.29) is 6.67 Å². The molecule has 1 aromatic heterocycles. The van der Waals surface area contributed by atoms with Crippen LogP contribution in [0.1, 0.15) is 0 Å². The van der Waals surface area contributed by atoms with Crippen molar-refractivity contribution in [3.05, 3.63) is 12.4 Å². The molecule has 0 aliphatic carbocycles. The number of thioether (sulfide) groups is 1. The second-order valence-corrected chi connectivity index (χ2v) is 2.87. The molecule has 0 bridgehead atoms. The molecule has 1 aromatic rings. The standard InChI is InChI=1S/C6H8FN3S/c7-1-4-11-6-5(8)9-2-3-10-6/h2-3H,1,4H2,(H2,8,9). The Morgan fingerprint density at radius 2 is 2.18 bits per heavy atom. The van der Waals surface area contributed by atoms with E-state index >= 15 is 0 Å². The molecule has 0 saturated heterocycles. The Labute approximate surface area is 68.2 Å². The van der Waals surface area contributed by atoms with E-state index in [1.165, 1.54) is 24.2 Å². The van der Waals surface area contributed by atoms with Gasteiger partial charge in [-0.05, 0) is 0 Å². The molecule has 0 aliphatic heterocycles. The van der Waals surface area contributed by atoms with Crippen LogP contribution in [0.3, 0.4) is 0 Å². The third-order valence-corrected chi connectivity index (χ3v) is 1.95. The Morgan fingerprint density at radius 3 is 2.82 bits per heavy atom. The van der Waals surface area contributed by atoms with E-state index in [2.05, 4.69) is 9.97 Å². The fraction of sp³-hybridized carbons (Fsp3) is 0.333. The zero-order valence-electron chi connectivity index (χ0n) is 5.83. The van der Waals surface area contributed by atoms with Crippen molar-refractivity contribution in [2.45, 2.75) is 5.03 Å². The van der Waals surface area contributed by atoms with Gasteiger partial charge in [0.15, 0.2) is 5.82 Å². The van der Waals surface area contributed by atoms with Crippen molar-refractivity contribution in [2.24, 2.45) is 0 Å². The Kier molecular flexibility index (Phi) is 3.10. The number of halogens is 1. The third kappa shape index (κ3) is 2.34. The van der Waals surface area contributed by atoms with E-state index in [1.807, 2.05) is 0 Å². The molecule has 11 heavy (non-hydrogen) atoms. The Hall–Kier alpha value is -0.840. The van der Waals surface area contributed by atoms with Crippen LogP contribution in [0, 0.1) is 0 Å². The number of nitrogens with zero attached hydrogens (tertiary/aromatic N) is 2. The van der Waals surface area contributed by atoms with Crippen LogP contribution in [-0.2, 0) is 0 Å². The van der Waals surface area contributed by atoms with E-state index < -0.39 is 0 Å². The molecule has 1 heterocycles. The topological polar surface area (TPSA) is 51.8 Å². The molecule has 2 N–H and O–H groups in total. The number of nitrogens with two attached hydrogens (primary N) is 1. The second-order valence-electron chi connectivity index (χ2n) is 1.78. The van der Waals surface area contributed by atoms with Gasteiger partial charge >= 0.3 is 0 Å². The fourth-order valence-corrected chi connectivity index (χ4v) is 1.19. The lowest BCUT2D eigenvalue weighted by molar-refractivity contribution is 0.532. The van der Waals surface area contributed by atoms with Gasteiger partial charge in [0.05, 0.1) is 6.67 Å². The zero-order chi connectivity index (χ0) is 8.10. The van der Waals surface area contributed by atoms with Crippen LogP contribution >= 0.6 is 11.8 Å². The maximum atomic E-state index is 11.7. The van der Waals surface area contributed by atoms with Gasteiger partial charge in [-0.25, -0.2) is 9.97 Å². The van der Waals surface area contributed by atoms with Gasteiger partial charge in [-0.1, -0.05) is 11.8 Å². The highest BCUT2D eigenvalue weighted by molar-refractivity contribution is 7.99. The van der Waals surface area contributed by atoms with Crippen molar-refractivity contribution < 1.29 is 4.39 Å². The highest BCUT2D eigenvalue weighted by atomic mass is 32.2. The number of alkyl halides is 1. The summed E-state index contributed by atoms with van der Waals surface area (Å²) in [4.78, 5) is 7.73. The lowest BCUT2D eigenvalue weighted by Crippen LogP contribution is -1.95. The lowest BCUT2D eigenvalue weighted by atomic mass is 10.7. The largest absolute Gasteiger partial charge is 0.381 e. The molecular weight excluding hydrogens is 165 g/mol. The lowest BCUT2D eigenvalue weighted by Gasteiger charge is -1.98. The summed E-state index contributed by atoms with van der Waals surface area (Å²) in [5.74, 6) is 0.744. The van der Waals surface area contributed by atoms with Crippen molar-refractivity contribution in [3.8, 4) is 0 Å². The molecule has 0 spiro atoms. The maximum absolute atomic E-state index is 11.7. The Balaban J connectivity index is 2.62. The number of aromatic nitrogens is 2. The molecule has 0 aromatic carbocycles. The molecule has 5 heteroatoms. The van der Waals surface area contributed by atoms with E-state index in [0.29, 0.717) is 16.6 Å². The summed E-state index contributed by atoms with van der Waals surface area (Å²) in [7, 11) is 0. The fourth-order valence-electron chi connectivity index (χ4n) is 0.582. The SMILES string of the molecule is Nc1nccnc1SCCF.